The highest BCUT2D eigenvalue weighted by Crippen LogP contribution is 2.07. The van der Waals surface area contributed by atoms with Crippen LogP contribution >= 0.6 is 0 Å². The molecule has 0 aliphatic rings. The quantitative estimate of drug-likeness (QED) is 0.735. The van der Waals surface area contributed by atoms with E-state index in [-0.39, 0.29) is 12.4 Å². The highest BCUT2D eigenvalue weighted by molar-refractivity contribution is 5.72. The van der Waals surface area contributed by atoms with Crippen molar-refractivity contribution in [3.63, 3.8) is 0 Å². The number of aromatic nitrogens is 2. The summed E-state index contributed by atoms with van der Waals surface area (Å²) in [5.41, 5.74) is 1.71. The van der Waals surface area contributed by atoms with Gasteiger partial charge in [-0.15, -0.1) is 0 Å². The molecule has 0 saturated carbocycles. The van der Waals surface area contributed by atoms with E-state index in [2.05, 4.69) is 4.98 Å². The van der Waals surface area contributed by atoms with Gasteiger partial charge in [0.1, 0.15) is 5.65 Å². The minimum Gasteiger partial charge on any atom is -0.465 e. The van der Waals surface area contributed by atoms with Gasteiger partial charge < -0.3 is 9.14 Å². The molecule has 4 nitrogen and oxygen atoms in total. The fourth-order valence-corrected chi connectivity index (χ4v) is 1.53. The number of hydrogen-bond acceptors (Lipinski definition) is 3. The second-order valence-electron chi connectivity index (χ2n) is 3.58. The van der Waals surface area contributed by atoms with Gasteiger partial charge in [0.15, 0.2) is 0 Å². The molecule has 0 aliphatic carbocycles. The summed E-state index contributed by atoms with van der Waals surface area (Å²) in [6, 6.07) is 5.73. The molecule has 0 bridgehead atoms. The van der Waals surface area contributed by atoms with Crippen LogP contribution < -0.4 is 0 Å². The lowest BCUT2D eigenvalue weighted by Crippen LogP contribution is -2.09. The Morgan fingerprint density at radius 3 is 3.19 bits per heavy atom. The van der Waals surface area contributed by atoms with E-state index in [1.807, 2.05) is 35.7 Å². The zero-order chi connectivity index (χ0) is 11.4. The van der Waals surface area contributed by atoms with E-state index in [0.29, 0.717) is 6.61 Å². The van der Waals surface area contributed by atoms with Gasteiger partial charge in [-0.25, -0.2) is 4.98 Å². The van der Waals surface area contributed by atoms with Gasteiger partial charge in [0, 0.05) is 12.4 Å². The highest BCUT2D eigenvalue weighted by atomic mass is 16.5. The molecular weight excluding hydrogens is 204 g/mol. The zero-order valence-electron chi connectivity index (χ0n) is 9.22. The summed E-state index contributed by atoms with van der Waals surface area (Å²) >= 11 is 0. The standard InChI is InChI=1S/C12H14N2O2/c1-2-7-16-12(15)8-10-9-13-11-5-3-4-6-14(10)11/h3-6,9H,2,7-8H2,1H3. The number of pyridine rings is 1. The average molecular weight is 218 g/mol. The van der Waals surface area contributed by atoms with Crippen LogP contribution in [-0.4, -0.2) is 22.0 Å². The highest BCUT2D eigenvalue weighted by Gasteiger charge is 2.08. The summed E-state index contributed by atoms with van der Waals surface area (Å²) in [6.07, 6.45) is 4.72. The molecule has 0 aliphatic heterocycles. The Morgan fingerprint density at radius 2 is 2.38 bits per heavy atom. The Bertz CT molecular complexity index is 490. The zero-order valence-corrected chi connectivity index (χ0v) is 9.22. The van der Waals surface area contributed by atoms with Crippen molar-refractivity contribution in [2.45, 2.75) is 19.8 Å². The smallest absolute Gasteiger partial charge is 0.311 e. The molecule has 0 aromatic carbocycles. The van der Waals surface area contributed by atoms with Crippen molar-refractivity contribution in [2.75, 3.05) is 6.61 Å². The third-order valence-electron chi connectivity index (χ3n) is 2.29. The van der Waals surface area contributed by atoms with Crippen molar-refractivity contribution < 1.29 is 9.53 Å². The molecule has 2 aromatic rings. The van der Waals surface area contributed by atoms with Crippen molar-refractivity contribution in [1.29, 1.82) is 0 Å². The van der Waals surface area contributed by atoms with Crippen molar-refractivity contribution in [3.8, 4) is 0 Å². The number of nitrogens with zero attached hydrogens (tertiary/aromatic N) is 2. The number of ether oxygens (including phenoxy) is 1. The summed E-state index contributed by atoms with van der Waals surface area (Å²) < 4.78 is 6.93. The average Bonchev–Trinajstić information content (AvgIpc) is 2.70. The molecule has 0 atom stereocenters. The number of imidazole rings is 1. The van der Waals surface area contributed by atoms with Gasteiger partial charge >= 0.3 is 5.97 Å². The van der Waals surface area contributed by atoms with Crippen molar-refractivity contribution in [3.05, 3.63) is 36.3 Å². The summed E-state index contributed by atoms with van der Waals surface area (Å²) in [4.78, 5) is 15.7. The maximum absolute atomic E-state index is 11.4. The fraction of sp³-hybridized carbons (Fsp3) is 0.333. The van der Waals surface area contributed by atoms with Crippen molar-refractivity contribution in [1.82, 2.24) is 9.38 Å². The molecule has 0 fully saturated rings. The van der Waals surface area contributed by atoms with E-state index in [4.69, 9.17) is 4.74 Å². The fourth-order valence-electron chi connectivity index (χ4n) is 1.53. The number of esters is 1. The van der Waals surface area contributed by atoms with E-state index >= 15 is 0 Å². The molecule has 16 heavy (non-hydrogen) atoms. The molecule has 84 valence electrons. The van der Waals surface area contributed by atoms with E-state index in [9.17, 15) is 4.79 Å². The summed E-state index contributed by atoms with van der Waals surface area (Å²) in [5.74, 6) is -0.201. The Balaban J connectivity index is 2.12. The molecule has 2 heterocycles. The minimum absolute atomic E-state index is 0.201. The van der Waals surface area contributed by atoms with Crippen molar-refractivity contribution in [2.24, 2.45) is 0 Å². The Labute approximate surface area is 93.9 Å². The second kappa shape index (κ2) is 4.79. The number of fused-ring (bicyclic) bond motifs is 1. The number of hydrogen-bond donors (Lipinski definition) is 0. The van der Waals surface area contributed by atoms with Gasteiger partial charge in [-0.2, -0.15) is 0 Å². The number of carbonyl (C=O) groups excluding carboxylic acids is 1. The Morgan fingerprint density at radius 1 is 1.50 bits per heavy atom. The van der Waals surface area contributed by atoms with Crippen LogP contribution in [0.4, 0.5) is 0 Å². The van der Waals surface area contributed by atoms with Gasteiger partial charge in [-0.05, 0) is 18.6 Å². The van der Waals surface area contributed by atoms with E-state index < -0.39 is 0 Å². The first-order valence-electron chi connectivity index (χ1n) is 5.38. The third-order valence-corrected chi connectivity index (χ3v) is 2.29. The largest absolute Gasteiger partial charge is 0.465 e. The van der Waals surface area contributed by atoms with Crippen LogP contribution in [-0.2, 0) is 16.0 Å². The third kappa shape index (κ3) is 2.21. The maximum atomic E-state index is 11.4. The Kier molecular flexibility index (Phi) is 3.19. The maximum Gasteiger partial charge on any atom is 0.311 e. The van der Waals surface area contributed by atoms with Crippen LogP contribution in [0.3, 0.4) is 0 Å². The second-order valence-corrected chi connectivity index (χ2v) is 3.58. The molecule has 0 amide bonds. The van der Waals surface area contributed by atoms with Crippen LogP contribution in [0.25, 0.3) is 5.65 Å². The predicted octanol–water partition coefficient (Wildman–Crippen LogP) is 1.83. The lowest BCUT2D eigenvalue weighted by atomic mass is 10.3. The predicted molar refractivity (Wildman–Crippen MR) is 60.1 cm³/mol. The van der Waals surface area contributed by atoms with Gasteiger partial charge in [-0.1, -0.05) is 13.0 Å². The number of carbonyl (C=O) groups is 1. The summed E-state index contributed by atoms with van der Waals surface area (Å²) in [7, 11) is 0. The SMILES string of the molecule is CCCOC(=O)Cc1cnc2ccccn12. The van der Waals surface area contributed by atoms with E-state index in [0.717, 1.165) is 17.8 Å². The summed E-state index contributed by atoms with van der Waals surface area (Å²) in [6.45, 7) is 2.46. The van der Waals surface area contributed by atoms with Gasteiger partial charge in [0.2, 0.25) is 0 Å². The van der Waals surface area contributed by atoms with E-state index in [1.54, 1.807) is 6.20 Å². The molecule has 4 heteroatoms. The monoisotopic (exact) mass is 218 g/mol. The first kappa shape index (κ1) is 10.7. The van der Waals surface area contributed by atoms with Crippen LogP contribution in [0.15, 0.2) is 30.6 Å². The van der Waals surface area contributed by atoms with E-state index in [1.165, 1.54) is 0 Å². The number of rotatable bonds is 4. The van der Waals surface area contributed by atoms with Crippen molar-refractivity contribution >= 4 is 11.6 Å². The molecule has 2 rings (SSSR count). The summed E-state index contributed by atoms with van der Waals surface area (Å²) in [5, 5.41) is 0. The molecule has 0 N–H and O–H groups in total. The topological polar surface area (TPSA) is 43.6 Å². The lowest BCUT2D eigenvalue weighted by molar-refractivity contribution is -0.142. The van der Waals surface area contributed by atoms with Gasteiger partial charge in [0.25, 0.3) is 0 Å². The Hall–Kier alpha value is -1.84. The molecule has 2 aromatic heterocycles. The first-order chi connectivity index (χ1) is 7.81. The molecule has 0 spiro atoms. The minimum atomic E-state index is -0.201. The van der Waals surface area contributed by atoms with Gasteiger partial charge in [0.05, 0.1) is 18.7 Å². The van der Waals surface area contributed by atoms with Gasteiger partial charge in [-0.3, -0.25) is 4.79 Å². The van der Waals surface area contributed by atoms with Crippen LogP contribution in [0.5, 0.6) is 0 Å². The van der Waals surface area contributed by atoms with Crippen LogP contribution in [0.2, 0.25) is 0 Å². The lowest BCUT2D eigenvalue weighted by Gasteiger charge is -2.02. The molecule has 0 saturated heterocycles. The first-order valence-corrected chi connectivity index (χ1v) is 5.38. The molecule has 0 unspecified atom stereocenters. The molecular formula is C12H14N2O2. The normalized spacial score (nSPS) is 10.6. The van der Waals surface area contributed by atoms with Crippen LogP contribution in [0.1, 0.15) is 19.0 Å². The molecule has 0 radical (unpaired) electrons. The van der Waals surface area contributed by atoms with Crippen LogP contribution in [0, 0.1) is 0 Å².